The number of aryl methyl sites for hydroxylation is 1. The Bertz CT molecular complexity index is 466. The zero-order valence-electron chi connectivity index (χ0n) is 10.3. The maximum Gasteiger partial charge on any atom is 0.338 e. The van der Waals surface area contributed by atoms with Crippen LogP contribution in [0.25, 0.3) is 0 Å². The second-order valence-electron chi connectivity index (χ2n) is 4.78. The highest BCUT2D eigenvalue weighted by molar-refractivity contribution is 5.89. The predicted molar refractivity (Wildman–Crippen MR) is 61.6 cm³/mol. The number of hydrogen-bond acceptors (Lipinski definition) is 3. The third-order valence-corrected chi connectivity index (χ3v) is 2.14. The molecule has 0 saturated carbocycles. The van der Waals surface area contributed by atoms with Gasteiger partial charge in [-0.05, 0) is 33.8 Å². The van der Waals surface area contributed by atoms with Crippen molar-refractivity contribution in [2.24, 2.45) is 7.05 Å². The Kier molecular flexibility index (Phi) is 3.21. The molecule has 0 amide bonds. The number of carbonyl (C=O) groups excluding carboxylic acids is 1. The average Bonchev–Trinajstić information content (AvgIpc) is 2.10. The summed E-state index contributed by atoms with van der Waals surface area (Å²) in [5, 5.41) is 0. The van der Waals surface area contributed by atoms with E-state index in [0.717, 1.165) is 5.69 Å². The van der Waals surface area contributed by atoms with Gasteiger partial charge in [-0.15, -0.1) is 0 Å². The Hall–Kier alpha value is -1.58. The second kappa shape index (κ2) is 4.12. The van der Waals surface area contributed by atoms with E-state index in [9.17, 15) is 9.59 Å². The molecule has 0 unspecified atom stereocenters. The van der Waals surface area contributed by atoms with Gasteiger partial charge >= 0.3 is 5.97 Å². The third kappa shape index (κ3) is 2.95. The van der Waals surface area contributed by atoms with E-state index in [2.05, 4.69) is 0 Å². The molecule has 0 bridgehead atoms. The van der Waals surface area contributed by atoms with E-state index in [1.807, 2.05) is 0 Å². The normalized spacial score (nSPS) is 11.3. The van der Waals surface area contributed by atoms with Crippen molar-refractivity contribution in [3.63, 3.8) is 0 Å². The Labute approximate surface area is 94.9 Å². The van der Waals surface area contributed by atoms with Gasteiger partial charge in [0.1, 0.15) is 5.60 Å². The van der Waals surface area contributed by atoms with E-state index >= 15 is 0 Å². The minimum absolute atomic E-state index is 0.208. The number of carbonyl (C=O) groups is 1. The van der Waals surface area contributed by atoms with Crippen molar-refractivity contribution in [2.75, 3.05) is 0 Å². The molecule has 0 aliphatic heterocycles. The fourth-order valence-electron chi connectivity index (χ4n) is 1.22. The number of hydrogen-bond donors (Lipinski definition) is 0. The van der Waals surface area contributed by atoms with Gasteiger partial charge in [0.05, 0.1) is 5.56 Å². The Morgan fingerprint density at radius 1 is 1.31 bits per heavy atom. The summed E-state index contributed by atoms with van der Waals surface area (Å²) in [6, 6.07) is 2.94. The van der Waals surface area contributed by atoms with Crippen LogP contribution in [0.2, 0.25) is 0 Å². The Morgan fingerprint density at radius 2 is 1.88 bits per heavy atom. The van der Waals surface area contributed by atoms with Gasteiger partial charge in [-0.25, -0.2) is 4.79 Å². The number of pyridine rings is 1. The van der Waals surface area contributed by atoms with Gasteiger partial charge in [0.15, 0.2) is 0 Å². The minimum Gasteiger partial charge on any atom is -0.456 e. The average molecular weight is 223 g/mol. The van der Waals surface area contributed by atoms with E-state index in [0.29, 0.717) is 5.56 Å². The molecule has 4 heteroatoms. The zero-order valence-corrected chi connectivity index (χ0v) is 10.3. The first-order valence-corrected chi connectivity index (χ1v) is 5.12. The number of rotatable bonds is 1. The summed E-state index contributed by atoms with van der Waals surface area (Å²) in [6.07, 6.45) is 0. The molecular weight excluding hydrogens is 206 g/mol. The first-order valence-electron chi connectivity index (χ1n) is 5.12. The van der Waals surface area contributed by atoms with Gasteiger partial charge in [0.2, 0.25) is 0 Å². The fourth-order valence-corrected chi connectivity index (χ4v) is 1.22. The minimum atomic E-state index is -0.550. The smallest absolute Gasteiger partial charge is 0.338 e. The van der Waals surface area contributed by atoms with Gasteiger partial charge in [0.25, 0.3) is 5.56 Å². The molecule has 0 atom stereocenters. The monoisotopic (exact) mass is 223 g/mol. The largest absolute Gasteiger partial charge is 0.456 e. The summed E-state index contributed by atoms with van der Waals surface area (Å²) in [6.45, 7) is 7.14. The maximum absolute atomic E-state index is 11.7. The highest BCUT2D eigenvalue weighted by Crippen LogP contribution is 2.11. The van der Waals surface area contributed by atoms with Gasteiger partial charge in [-0.1, -0.05) is 0 Å². The van der Waals surface area contributed by atoms with Crippen LogP contribution in [-0.2, 0) is 11.8 Å². The molecule has 0 radical (unpaired) electrons. The van der Waals surface area contributed by atoms with Crippen LogP contribution in [-0.4, -0.2) is 16.1 Å². The lowest BCUT2D eigenvalue weighted by atomic mass is 10.1. The molecule has 0 saturated heterocycles. The van der Waals surface area contributed by atoms with Crippen LogP contribution in [0.5, 0.6) is 0 Å². The van der Waals surface area contributed by atoms with E-state index < -0.39 is 11.6 Å². The molecule has 88 valence electrons. The standard InChI is InChI=1S/C12H17NO3/c1-8-6-9(7-10(14)13(8)5)11(15)16-12(2,3)4/h6-7H,1-5H3. The molecule has 1 aromatic rings. The summed E-state index contributed by atoms with van der Waals surface area (Å²) in [4.78, 5) is 23.2. The van der Waals surface area contributed by atoms with Gasteiger partial charge in [0, 0.05) is 18.8 Å². The van der Waals surface area contributed by atoms with Crippen molar-refractivity contribution in [3.8, 4) is 0 Å². The number of ether oxygens (including phenoxy) is 1. The lowest BCUT2D eigenvalue weighted by molar-refractivity contribution is 0.00690. The van der Waals surface area contributed by atoms with Crippen LogP contribution < -0.4 is 5.56 Å². The predicted octanol–water partition coefficient (Wildman–Crippen LogP) is 1.65. The zero-order chi connectivity index (χ0) is 12.5. The molecular formula is C12H17NO3. The Morgan fingerprint density at radius 3 is 2.31 bits per heavy atom. The van der Waals surface area contributed by atoms with Crippen molar-refractivity contribution in [2.45, 2.75) is 33.3 Å². The molecule has 16 heavy (non-hydrogen) atoms. The number of esters is 1. The first-order chi connectivity index (χ1) is 7.20. The summed E-state index contributed by atoms with van der Waals surface area (Å²) in [5.41, 5.74) is 0.274. The molecule has 0 N–H and O–H groups in total. The van der Waals surface area contributed by atoms with Crippen LogP contribution in [0.3, 0.4) is 0 Å². The summed E-state index contributed by atoms with van der Waals surface area (Å²) >= 11 is 0. The highest BCUT2D eigenvalue weighted by atomic mass is 16.6. The number of nitrogens with zero attached hydrogens (tertiary/aromatic N) is 1. The highest BCUT2D eigenvalue weighted by Gasteiger charge is 2.18. The van der Waals surface area contributed by atoms with Crippen LogP contribution in [0.4, 0.5) is 0 Å². The molecule has 1 rings (SSSR count). The topological polar surface area (TPSA) is 48.3 Å². The summed E-state index contributed by atoms with van der Waals surface area (Å²) < 4.78 is 6.67. The van der Waals surface area contributed by atoms with Crippen molar-refractivity contribution in [1.82, 2.24) is 4.57 Å². The quantitative estimate of drug-likeness (QED) is 0.680. The van der Waals surface area contributed by atoms with E-state index in [4.69, 9.17) is 4.74 Å². The number of aromatic nitrogens is 1. The first kappa shape index (κ1) is 12.5. The summed E-state index contributed by atoms with van der Waals surface area (Å²) in [7, 11) is 1.66. The van der Waals surface area contributed by atoms with Crippen molar-refractivity contribution >= 4 is 5.97 Å². The molecule has 0 aromatic carbocycles. The van der Waals surface area contributed by atoms with Crippen LogP contribution in [0, 0.1) is 6.92 Å². The van der Waals surface area contributed by atoms with E-state index in [-0.39, 0.29) is 5.56 Å². The van der Waals surface area contributed by atoms with E-state index in [1.165, 1.54) is 10.6 Å². The van der Waals surface area contributed by atoms with E-state index in [1.54, 1.807) is 40.8 Å². The lowest BCUT2D eigenvalue weighted by Gasteiger charge is -2.19. The third-order valence-electron chi connectivity index (χ3n) is 2.14. The van der Waals surface area contributed by atoms with Crippen LogP contribution >= 0.6 is 0 Å². The molecule has 1 aromatic heterocycles. The second-order valence-corrected chi connectivity index (χ2v) is 4.78. The molecule has 1 heterocycles. The molecule has 0 spiro atoms. The van der Waals surface area contributed by atoms with Crippen LogP contribution in [0.1, 0.15) is 36.8 Å². The molecule has 0 fully saturated rings. The van der Waals surface area contributed by atoms with Crippen molar-refractivity contribution in [1.29, 1.82) is 0 Å². The molecule has 0 aliphatic rings. The SMILES string of the molecule is Cc1cc(C(=O)OC(C)(C)C)cc(=O)n1C. The van der Waals surface area contributed by atoms with Gasteiger partial charge in [-0.3, -0.25) is 4.79 Å². The van der Waals surface area contributed by atoms with Crippen molar-refractivity contribution < 1.29 is 9.53 Å². The maximum atomic E-state index is 11.7. The molecule has 4 nitrogen and oxygen atoms in total. The fraction of sp³-hybridized carbons (Fsp3) is 0.500. The lowest BCUT2D eigenvalue weighted by Crippen LogP contribution is -2.26. The van der Waals surface area contributed by atoms with Gasteiger partial charge < -0.3 is 9.30 Å². The van der Waals surface area contributed by atoms with Crippen LogP contribution in [0.15, 0.2) is 16.9 Å². The molecule has 0 aliphatic carbocycles. The summed E-state index contributed by atoms with van der Waals surface area (Å²) in [5.74, 6) is -0.465. The van der Waals surface area contributed by atoms with Crippen molar-refractivity contribution in [3.05, 3.63) is 33.7 Å². The van der Waals surface area contributed by atoms with Gasteiger partial charge in [-0.2, -0.15) is 0 Å². The Balaban J connectivity index is 3.07.